The second kappa shape index (κ2) is 5.51. The molecule has 0 saturated carbocycles. The lowest BCUT2D eigenvalue weighted by molar-refractivity contribution is 0.402. The Morgan fingerprint density at radius 1 is 1.71 bits per heavy atom. The number of H-pyrrole nitrogens is 1. The fourth-order valence-corrected chi connectivity index (χ4v) is 2.54. The summed E-state index contributed by atoms with van der Waals surface area (Å²) in [5.41, 5.74) is 0.427. The molecule has 2 heterocycles. The molecule has 2 rings (SSSR count). The second-order valence-electron chi connectivity index (χ2n) is 4.41. The molecular weight excluding hydrogens is 240 g/mol. The summed E-state index contributed by atoms with van der Waals surface area (Å²) < 4.78 is 0. The van der Waals surface area contributed by atoms with E-state index < -0.39 is 0 Å². The van der Waals surface area contributed by atoms with Crippen molar-refractivity contribution in [1.29, 1.82) is 0 Å². The van der Waals surface area contributed by atoms with Crippen molar-refractivity contribution in [3.8, 4) is 0 Å². The van der Waals surface area contributed by atoms with Gasteiger partial charge in [0.15, 0.2) is 0 Å². The summed E-state index contributed by atoms with van der Waals surface area (Å²) in [4.78, 5) is 13.5. The number of piperidine rings is 1. The zero-order chi connectivity index (χ0) is 12.3. The first kappa shape index (κ1) is 12.4. The summed E-state index contributed by atoms with van der Waals surface area (Å²) in [6, 6.07) is 0. The van der Waals surface area contributed by atoms with Crippen molar-refractivity contribution >= 4 is 17.3 Å². The average molecular weight is 257 g/mol. The van der Waals surface area contributed by atoms with Gasteiger partial charge in [-0.15, -0.1) is 0 Å². The lowest BCUT2D eigenvalue weighted by Gasteiger charge is -2.34. The quantitative estimate of drug-likeness (QED) is 0.842. The summed E-state index contributed by atoms with van der Waals surface area (Å²) in [5, 5.41) is 9.58. The Labute approximate surface area is 105 Å². The molecule has 2 N–H and O–H groups in total. The molecule has 1 aliphatic heterocycles. The predicted octanol–water partition coefficient (Wildman–Crippen LogP) is 0.859. The minimum Gasteiger partial charge on any atom is -0.369 e. The van der Waals surface area contributed by atoms with Gasteiger partial charge in [-0.1, -0.05) is 11.6 Å². The zero-order valence-electron chi connectivity index (χ0n) is 9.87. The van der Waals surface area contributed by atoms with E-state index in [9.17, 15) is 4.79 Å². The van der Waals surface area contributed by atoms with Gasteiger partial charge in [-0.2, -0.15) is 5.10 Å². The second-order valence-corrected chi connectivity index (χ2v) is 4.79. The lowest BCUT2D eigenvalue weighted by atomic mass is 9.98. The molecule has 0 aromatic carbocycles. The number of nitrogens with zero attached hydrogens (tertiary/aromatic N) is 2. The smallest absolute Gasteiger partial charge is 0.285 e. The molecule has 1 aromatic heterocycles. The molecule has 0 aliphatic carbocycles. The molecule has 1 aliphatic rings. The molecule has 0 spiro atoms. The third kappa shape index (κ3) is 2.79. The number of halogens is 1. The summed E-state index contributed by atoms with van der Waals surface area (Å²) in [5.74, 6) is 0.601. The normalized spacial score (nSPS) is 20.6. The van der Waals surface area contributed by atoms with E-state index in [1.165, 1.54) is 6.42 Å². The Balaban J connectivity index is 2.16. The molecule has 6 heteroatoms. The minimum absolute atomic E-state index is 0.241. The molecule has 0 bridgehead atoms. The molecular formula is C11H17ClN4O. The molecule has 1 aromatic rings. The highest BCUT2D eigenvalue weighted by molar-refractivity contribution is 6.32. The van der Waals surface area contributed by atoms with E-state index >= 15 is 0 Å². The van der Waals surface area contributed by atoms with Crippen LogP contribution in [0.3, 0.4) is 0 Å². The first-order valence-corrected chi connectivity index (χ1v) is 6.23. The van der Waals surface area contributed by atoms with Gasteiger partial charge in [-0.05, 0) is 32.4 Å². The predicted molar refractivity (Wildman–Crippen MR) is 68.7 cm³/mol. The van der Waals surface area contributed by atoms with Crippen molar-refractivity contribution in [2.45, 2.75) is 12.8 Å². The molecule has 94 valence electrons. The van der Waals surface area contributed by atoms with E-state index in [0.717, 1.165) is 31.7 Å². The highest BCUT2D eigenvalue weighted by atomic mass is 35.5. The Hall–Kier alpha value is -1.07. The summed E-state index contributed by atoms with van der Waals surface area (Å²) in [6.45, 7) is 2.85. The lowest BCUT2D eigenvalue weighted by Crippen LogP contribution is -2.39. The van der Waals surface area contributed by atoms with E-state index in [-0.39, 0.29) is 10.6 Å². The van der Waals surface area contributed by atoms with Crippen molar-refractivity contribution in [1.82, 2.24) is 15.5 Å². The average Bonchev–Trinajstić information content (AvgIpc) is 2.33. The van der Waals surface area contributed by atoms with Crippen LogP contribution in [0.15, 0.2) is 11.0 Å². The van der Waals surface area contributed by atoms with Crippen LogP contribution in [0, 0.1) is 5.92 Å². The van der Waals surface area contributed by atoms with Gasteiger partial charge in [0.05, 0.1) is 11.9 Å². The highest BCUT2D eigenvalue weighted by Gasteiger charge is 2.22. The third-order valence-corrected chi connectivity index (χ3v) is 3.49. The Morgan fingerprint density at radius 2 is 2.53 bits per heavy atom. The maximum atomic E-state index is 11.4. The standard InChI is InChI=1S/C11H17ClN4O/c1-13-5-8-3-2-4-16(7-8)9-6-14-15-11(17)10(9)12/h6,8,13H,2-5,7H2,1H3,(H,15,17). The number of hydrogen-bond acceptors (Lipinski definition) is 4. The molecule has 1 unspecified atom stereocenters. The SMILES string of the molecule is CNCC1CCCN(c2cn[nH]c(=O)c2Cl)C1. The van der Waals surface area contributed by atoms with Gasteiger partial charge >= 0.3 is 0 Å². The van der Waals surface area contributed by atoms with Crippen LogP contribution < -0.4 is 15.8 Å². The fraction of sp³-hybridized carbons (Fsp3) is 0.636. The van der Waals surface area contributed by atoms with Crippen LogP contribution in [0.5, 0.6) is 0 Å². The van der Waals surface area contributed by atoms with Crippen molar-refractivity contribution in [2.24, 2.45) is 5.92 Å². The summed E-state index contributed by atoms with van der Waals surface area (Å²) in [7, 11) is 1.96. The molecule has 17 heavy (non-hydrogen) atoms. The van der Waals surface area contributed by atoms with Gasteiger partial charge in [-0.25, -0.2) is 5.10 Å². The topological polar surface area (TPSA) is 61.0 Å². The van der Waals surface area contributed by atoms with E-state index in [0.29, 0.717) is 5.92 Å². The molecule has 0 amide bonds. The number of nitrogens with one attached hydrogen (secondary N) is 2. The largest absolute Gasteiger partial charge is 0.369 e. The zero-order valence-corrected chi connectivity index (χ0v) is 10.6. The van der Waals surface area contributed by atoms with Crippen molar-refractivity contribution in [2.75, 3.05) is 31.6 Å². The first-order chi connectivity index (χ1) is 8.22. The van der Waals surface area contributed by atoms with E-state index in [1.807, 2.05) is 7.05 Å². The fourth-order valence-electron chi connectivity index (χ4n) is 2.33. The van der Waals surface area contributed by atoms with Crippen LogP contribution >= 0.6 is 11.6 Å². The molecule has 1 fully saturated rings. The van der Waals surface area contributed by atoms with Gasteiger partial charge in [-0.3, -0.25) is 4.79 Å². The van der Waals surface area contributed by atoms with Crippen LogP contribution in [0.25, 0.3) is 0 Å². The van der Waals surface area contributed by atoms with Crippen LogP contribution in [0.1, 0.15) is 12.8 Å². The van der Waals surface area contributed by atoms with E-state index in [2.05, 4.69) is 20.4 Å². The number of hydrogen-bond donors (Lipinski definition) is 2. The monoisotopic (exact) mass is 256 g/mol. The Kier molecular flexibility index (Phi) is 4.02. The molecule has 1 atom stereocenters. The maximum Gasteiger partial charge on any atom is 0.285 e. The van der Waals surface area contributed by atoms with Crippen LogP contribution in [-0.2, 0) is 0 Å². The Bertz CT molecular complexity index is 432. The Morgan fingerprint density at radius 3 is 3.29 bits per heavy atom. The van der Waals surface area contributed by atoms with Crippen LogP contribution in [0.2, 0.25) is 5.02 Å². The first-order valence-electron chi connectivity index (χ1n) is 5.85. The number of aromatic amines is 1. The van der Waals surface area contributed by atoms with Gasteiger partial charge < -0.3 is 10.2 Å². The number of aromatic nitrogens is 2. The maximum absolute atomic E-state index is 11.4. The molecule has 1 saturated heterocycles. The molecule has 0 radical (unpaired) electrons. The van der Waals surface area contributed by atoms with Crippen molar-refractivity contribution < 1.29 is 0 Å². The number of anilines is 1. The van der Waals surface area contributed by atoms with Gasteiger partial charge in [0.25, 0.3) is 5.56 Å². The van der Waals surface area contributed by atoms with Gasteiger partial charge in [0, 0.05) is 13.1 Å². The van der Waals surface area contributed by atoms with E-state index in [4.69, 9.17) is 11.6 Å². The van der Waals surface area contributed by atoms with Crippen molar-refractivity contribution in [3.05, 3.63) is 21.6 Å². The summed E-state index contributed by atoms with van der Waals surface area (Å²) >= 11 is 6.01. The van der Waals surface area contributed by atoms with Gasteiger partial charge in [0.1, 0.15) is 5.02 Å². The number of rotatable bonds is 3. The third-order valence-electron chi connectivity index (χ3n) is 3.13. The summed E-state index contributed by atoms with van der Waals surface area (Å²) in [6.07, 6.45) is 3.96. The minimum atomic E-state index is -0.320. The van der Waals surface area contributed by atoms with Crippen molar-refractivity contribution in [3.63, 3.8) is 0 Å². The highest BCUT2D eigenvalue weighted by Crippen LogP contribution is 2.26. The molecule has 5 nitrogen and oxygen atoms in total. The van der Waals surface area contributed by atoms with Crippen LogP contribution in [-0.4, -0.2) is 36.9 Å². The van der Waals surface area contributed by atoms with Crippen LogP contribution in [0.4, 0.5) is 5.69 Å². The van der Waals surface area contributed by atoms with E-state index in [1.54, 1.807) is 6.20 Å². The van der Waals surface area contributed by atoms with Gasteiger partial charge in [0.2, 0.25) is 0 Å².